The zero-order valence-electron chi connectivity index (χ0n) is 24.9. The number of rotatable bonds is 16. The standard InChI is InChI=1S/C31H46F2N4O4/c1-6-8-37(9-7-2)29(40)23-10-21(5)15-31(16-23,30(34)41)26(13-22-11-24(32)14-25(33)12-22)27(38)18-35-19-28(39)36-17-20(3)4/h10-12,14-15,20,26-27,35,38H,6-9,13,16-19H2,1-5H3,(H2,34,41)(H,36,39)/t26-,27+,31?/m1/s1. The van der Waals surface area contributed by atoms with Gasteiger partial charge in [0.1, 0.15) is 11.6 Å². The van der Waals surface area contributed by atoms with Crippen molar-refractivity contribution in [1.82, 2.24) is 15.5 Å². The first-order valence-corrected chi connectivity index (χ1v) is 14.4. The summed E-state index contributed by atoms with van der Waals surface area (Å²) in [7, 11) is 0. The largest absolute Gasteiger partial charge is 0.391 e. The number of halogens is 2. The highest BCUT2D eigenvalue weighted by atomic mass is 19.1. The molecule has 1 aromatic rings. The second kappa shape index (κ2) is 15.8. The molecule has 2 rings (SSSR count). The summed E-state index contributed by atoms with van der Waals surface area (Å²) in [6.45, 7) is 11.1. The number of hydrogen-bond acceptors (Lipinski definition) is 5. The topological polar surface area (TPSA) is 125 Å². The molecule has 10 heteroatoms. The molecule has 3 atom stereocenters. The van der Waals surface area contributed by atoms with Crippen molar-refractivity contribution in [3.63, 3.8) is 0 Å². The van der Waals surface area contributed by atoms with E-state index >= 15 is 0 Å². The van der Waals surface area contributed by atoms with Crippen LogP contribution in [0.1, 0.15) is 59.4 Å². The number of aliphatic hydroxyl groups excluding tert-OH is 1. The highest BCUT2D eigenvalue weighted by Crippen LogP contribution is 2.44. The second-order valence-corrected chi connectivity index (χ2v) is 11.4. The summed E-state index contributed by atoms with van der Waals surface area (Å²) in [5, 5.41) is 17.2. The normalized spacial score (nSPS) is 18.4. The van der Waals surface area contributed by atoms with E-state index in [4.69, 9.17) is 5.73 Å². The van der Waals surface area contributed by atoms with E-state index in [-0.39, 0.29) is 49.2 Å². The van der Waals surface area contributed by atoms with Gasteiger partial charge < -0.3 is 26.4 Å². The van der Waals surface area contributed by atoms with Crippen LogP contribution in [0.15, 0.2) is 41.5 Å². The van der Waals surface area contributed by atoms with Gasteiger partial charge in [-0.3, -0.25) is 14.4 Å². The molecule has 0 spiro atoms. The fourth-order valence-corrected chi connectivity index (χ4v) is 5.41. The number of benzene rings is 1. The van der Waals surface area contributed by atoms with E-state index in [1.165, 1.54) is 0 Å². The van der Waals surface area contributed by atoms with Gasteiger partial charge in [0, 0.05) is 43.7 Å². The summed E-state index contributed by atoms with van der Waals surface area (Å²) < 4.78 is 28.3. The van der Waals surface area contributed by atoms with Crippen LogP contribution >= 0.6 is 0 Å². The van der Waals surface area contributed by atoms with Crippen LogP contribution in [-0.4, -0.2) is 66.6 Å². The third-order valence-electron chi connectivity index (χ3n) is 7.23. The van der Waals surface area contributed by atoms with Crippen LogP contribution in [0.3, 0.4) is 0 Å². The molecule has 0 radical (unpaired) electrons. The molecule has 8 nitrogen and oxygen atoms in total. The van der Waals surface area contributed by atoms with E-state index in [1.54, 1.807) is 24.0 Å². The first kappa shape index (κ1) is 34.1. The summed E-state index contributed by atoms with van der Waals surface area (Å²) in [6, 6.07) is 3.04. The quantitative estimate of drug-likeness (QED) is 0.241. The van der Waals surface area contributed by atoms with Crippen molar-refractivity contribution in [2.75, 3.05) is 32.7 Å². The third kappa shape index (κ3) is 9.74. The number of aliphatic hydroxyl groups is 1. The highest BCUT2D eigenvalue weighted by molar-refractivity contribution is 5.97. The van der Waals surface area contributed by atoms with Crippen molar-refractivity contribution in [1.29, 1.82) is 0 Å². The predicted octanol–water partition coefficient (Wildman–Crippen LogP) is 3.24. The van der Waals surface area contributed by atoms with E-state index in [0.717, 1.165) is 31.0 Å². The van der Waals surface area contributed by atoms with E-state index in [0.29, 0.717) is 30.8 Å². The molecular formula is C31H46F2N4O4. The molecule has 0 saturated carbocycles. The molecule has 0 aromatic heterocycles. The number of carbonyl (C=O) groups is 3. The Morgan fingerprint density at radius 1 is 1.07 bits per heavy atom. The smallest absolute Gasteiger partial charge is 0.249 e. The van der Waals surface area contributed by atoms with Gasteiger partial charge in [-0.2, -0.15) is 0 Å². The Balaban J connectivity index is 2.45. The van der Waals surface area contributed by atoms with Gasteiger partial charge in [0.15, 0.2) is 0 Å². The van der Waals surface area contributed by atoms with Crippen LogP contribution in [0.25, 0.3) is 0 Å². The molecule has 1 aromatic carbocycles. The summed E-state index contributed by atoms with van der Waals surface area (Å²) in [4.78, 5) is 40.8. The van der Waals surface area contributed by atoms with Gasteiger partial charge in [0.25, 0.3) is 0 Å². The molecule has 1 unspecified atom stereocenters. The van der Waals surface area contributed by atoms with Crippen LogP contribution in [0.5, 0.6) is 0 Å². The molecule has 228 valence electrons. The molecule has 5 N–H and O–H groups in total. The lowest BCUT2D eigenvalue weighted by atomic mass is 9.63. The van der Waals surface area contributed by atoms with Crippen LogP contribution in [0.2, 0.25) is 0 Å². The first-order valence-electron chi connectivity index (χ1n) is 14.4. The summed E-state index contributed by atoms with van der Waals surface area (Å²) >= 11 is 0. The maximum atomic E-state index is 14.1. The molecule has 0 heterocycles. The molecule has 0 aliphatic heterocycles. The number of amides is 3. The molecule has 3 amide bonds. The van der Waals surface area contributed by atoms with E-state index in [2.05, 4.69) is 10.6 Å². The zero-order chi connectivity index (χ0) is 30.7. The Bertz CT molecular complexity index is 1110. The predicted molar refractivity (Wildman–Crippen MR) is 156 cm³/mol. The second-order valence-electron chi connectivity index (χ2n) is 11.4. The van der Waals surface area contributed by atoms with Gasteiger partial charge in [-0.25, -0.2) is 8.78 Å². The molecule has 1 aliphatic carbocycles. The van der Waals surface area contributed by atoms with Crippen molar-refractivity contribution in [3.8, 4) is 0 Å². The van der Waals surface area contributed by atoms with Gasteiger partial charge in [-0.1, -0.05) is 45.4 Å². The lowest BCUT2D eigenvalue weighted by molar-refractivity contribution is -0.132. The first-order chi connectivity index (χ1) is 19.3. The molecular weight excluding hydrogens is 530 g/mol. The van der Waals surface area contributed by atoms with Crippen LogP contribution in [0, 0.1) is 28.9 Å². The van der Waals surface area contributed by atoms with E-state index < -0.39 is 35.0 Å². The number of nitrogens with zero attached hydrogens (tertiary/aromatic N) is 1. The van der Waals surface area contributed by atoms with Crippen molar-refractivity contribution in [2.45, 2.75) is 66.4 Å². The number of nitrogens with one attached hydrogen (secondary N) is 2. The van der Waals surface area contributed by atoms with Gasteiger partial charge in [0.05, 0.1) is 18.1 Å². The van der Waals surface area contributed by atoms with Crippen LogP contribution in [-0.2, 0) is 20.8 Å². The van der Waals surface area contributed by atoms with Gasteiger partial charge in [-0.15, -0.1) is 0 Å². The van der Waals surface area contributed by atoms with Crippen LogP contribution in [0.4, 0.5) is 8.78 Å². The third-order valence-corrected chi connectivity index (χ3v) is 7.23. The Labute approximate surface area is 242 Å². The van der Waals surface area contributed by atoms with Gasteiger partial charge >= 0.3 is 0 Å². The van der Waals surface area contributed by atoms with Gasteiger partial charge in [0.2, 0.25) is 17.7 Å². The number of carbonyl (C=O) groups excluding carboxylic acids is 3. The van der Waals surface area contributed by atoms with Crippen molar-refractivity contribution in [3.05, 3.63) is 58.7 Å². The summed E-state index contributed by atoms with van der Waals surface area (Å²) in [5.41, 5.74) is 5.74. The van der Waals surface area contributed by atoms with E-state index in [1.807, 2.05) is 27.7 Å². The average molecular weight is 577 g/mol. The molecule has 41 heavy (non-hydrogen) atoms. The Morgan fingerprint density at radius 3 is 2.22 bits per heavy atom. The minimum absolute atomic E-state index is 0.0726. The summed E-state index contributed by atoms with van der Waals surface area (Å²) in [5.74, 6) is -3.50. The number of allylic oxidation sites excluding steroid dienone is 2. The summed E-state index contributed by atoms with van der Waals surface area (Å²) in [6.07, 6.45) is 3.47. The lowest BCUT2D eigenvalue weighted by Crippen LogP contribution is -2.52. The minimum atomic E-state index is -1.53. The highest BCUT2D eigenvalue weighted by Gasteiger charge is 2.48. The molecule has 0 saturated heterocycles. The monoisotopic (exact) mass is 576 g/mol. The number of hydrogen-bond donors (Lipinski definition) is 4. The van der Waals surface area contributed by atoms with Gasteiger partial charge in [-0.05, 0) is 56.2 Å². The van der Waals surface area contributed by atoms with E-state index in [9.17, 15) is 28.3 Å². The zero-order valence-corrected chi connectivity index (χ0v) is 24.9. The molecule has 0 bridgehead atoms. The number of nitrogens with two attached hydrogens (primary N) is 1. The maximum Gasteiger partial charge on any atom is 0.249 e. The van der Waals surface area contributed by atoms with Crippen LogP contribution < -0.4 is 16.4 Å². The fraction of sp³-hybridized carbons (Fsp3) is 0.581. The average Bonchev–Trinajstić information content (AvgIpc) is 2.88. The van der Waals surface area contributed by atoms with Crippen molar-refractivity contribution < 1.29 is 28.3 Å². The lowest BCUT2D eigenvalue weighted by Gasteiger charge is -2.42. The Hall–Kier alpha value is -3.11. The number of primary amides is 1. The Morgan fingerprint density at radius 2 is 1.68 bits per heavy atom. The van der Waals surface area contributed by atoms with Crippen molar-refractivity contribution in [2.24, 2.45) is 23.0 Å². The Kier molecular flexibility index (Phi) is 13.1. The fourth-order valence-electron chi connectivity index (χ4n) is 5.41. The minimum Gasteiger partial charge on any atom is -0.391 e. The van der Waals surface area contributed by atoms with Crippen molar-refractivity contribution >= 4 is 17.7 Å². The molecule has 0 fully saturated rings. The maximum absolute atomic E-state index is 14.1. The SMILES string of the molecule is CCCN(CCC)C(=O)C1=CC(C)=CC(C(N)=O)([C@H](Cc2cc(F)cc(F)c2)[C@@H](O)CNCC(=O)NCC(C)C)C1. The molecule has 1 aliphatic rings.